The first-order valence-electron chi connectivity index (χ1n) is 7.03. The van der Waals surface area contributed by atoms with Crippen LogP contribution < -0.4 is 4.90 Å². The molecule has 0 fully saturated rings. The zero-order valence-corrected chi connectivity index (χ0v) is 12.1. The molecular formula is C17H19NS. The highest BCUT2D eigenvalue weighted by Crippen LogP contribution is 2.47. The van der Waals surface area contributed by atoms with Gasteiger partial charge in [-0.15, -0.1) is 0 Å². The zero-order valence-electron chi connectivity index (χ0n) is 11.3. The van der Waals surface area contributed by atoms with Gasteiger partial charge in [0.15, 0.2) is 0 Å². The molecule has 0 unspecified atom stereocenters. The molecule has 3 rings (SSSR count). The van der Waals surface area contributed by atoms with Crippen molar-refractivity contribution in [2.75, 3.05) is 11.4 Å². The molecular weight excluding hydrogens is 250 g/mol. The molecule has 1 nitrogen and oxygen atoms in total. The van der Waals surface area contributed by atoms with Crippen LogP contribution in [0.25, 0.3) is 0 Å². The molecule has 0 amide bonds. The summed E-state index contributed by atoms with van der Waals surface area (Å²) in [7, 11) is 0. The third-order valence-electron chi connectivity index (χ3n) is 3.52. The average molecular weight is 269 g/mol. The fraction of sp³-hybridized carbons (Fsp3) is 0.294. The minimum Gasteiger partial charge on any atom is -0.340 e. The second-order valence-corrected chi connectivity index (χ2v) is 5.98. The Morgan fingerprint density at radius 1 is 0.842 bits per heavy atom. The van der Waals surface area contributed by atoms with Crippen LogP contribution in [0.15, 0.2) is 58.3 Å². The van der Waals surface area contributed by atoms with Gasteiger partial charge in [-0.1, -0.05) is 55.8 Å². The van der Waals surface area contributed by atoms with Gasteiger partial charge in [0, 0.05) is 16.3 Å². The summed E-state index contributed by atoms with van der Waals surface area (Å²) in [5, 5.41) is 0. The van der Waals surface area contributed by atoms with Crippen LogP contribution in [0.4, 0.5) is 11.4 Å². The molecule has 1 heterocycles. The van der Waals surface area contributed by atoms with E-state index < -0.39 is 0 Å². The van der Waals surface area contributed by atoms with Gasteiger partial charge in [-0.2, -0.15) is 0 Å². The molecule has 0 N–H and O–H groups in total. The van der Waals surface area contributed by atoms with Crippen LogP contribution in [0.3, 0.4) is 0 Å². The number of hydrogen-bond donors (Lipinski definition) is 0. The summed E-state index contributed by atoms with van der Waals surface area (Å²) in [6, 6.07) is 17.5. The molecule has 0 saturated heterocycles. The van der Waals surface area contributed by atoms with Gasteiger partial charge in [0.1, 0.15) is 0 Å². The lowest BCUT2D eigenvalue weighted by Crippen LogP contribution is -2.21. The van der Waals surface area contributed by atoms with Crippen LogP contribution in [0.1, 0.15) is 26.2 Å². The van der Waals surface area contributed by atoms with Crippen molar-refractivity contribution in [3.8, 4) is 0 Å². The fourth-order valence-electron chi connectivity index (χ4n) is 2.54. The molecule has 98 valence electrons. The zero-order chi connectivity index (χ0) is 13.1. The SMILES string of the molecule is CCCCCN1c2ccccc2Sc2ccccc21. The van der Waals surface area contributed by atoms with E-state index in [0.717, 1.165) is 6.54 Å². The fourth-order valence-corrected chi connectivity index (χ4v) is 3.64. The van der Waals surface area contributed by atoms with Crippen molar-refractivity contribution in [3.05, 3.63) is 48.5 Å². The minimum atomic E-state index is 1.11. The molecule has 19 heavy (non-hydrogen) atoms. The second kappa shape index (κ2) is 5.70. The van der Waals surface area contributed by atoms with Gasteiger partial charge in [-0.05, 0) is 30.7 Å². The summed E-state index contributed by atoms with van der Waals surface area (Å²) in [5.41, 5.74) is 2.73. The number of anilines is 2. The third-order valence-corrected chi connectivity index (χ3v) is 4.65. The van der Waals surface area contributed by atoms with Crippen molar-refractivity contribution in [2.24, 2.45) is 0 Å². The number of para-hydroxylation sites is 2. The number of nitrogens with zero attached hydrogens (tertiary/aromatic N) is 1. The molecule has 0 radical (unpaired) electrons. The summed E-state index contributed by atoms with van der Waals surface area (Å²) >= 11 is 1.88. The van der Waals surface area contributed by atoms with E-state index in [-0.39, 0.29) is 0 Å². The molecule has 0 aliphatic carbocycles. The van der Waals surface area contributed by atoms with E-state index in [1.165, 1.54) is 40.4 Å². The van der Waals surface area contributed by atoms with Crippen molar-refractivity contribution >= 4 is 23.1 Å². The lowest BCUT2D eigenvalue weighted by Gasteiger charge is -2.32. The van der Waals surface area contributed by atoms with Crippen molar-refractivity contribution < 1.29 is 0 Å². The maximum Gasteiger partial charge on any atom is 0.0552 e. The molecule has 2 aromatic carbocycles. The average Bonchev–Trinajstić information content (AvgIpc) is 2.46. The van der Waals surface area contributed by atoms with E-state index in [1.807, 2.05) is 11.8 Å². The Labute approximate surface area is 119 Å². The van der Waals surface area contributed by atoms with Gasteiger partial charge >= 0.3 is 0 Å². The Bertz CT molecular complexity index is 519. The standard InChI is InChI=1S/C17H19NS/c1-2-3-8-13-18-14-9-4-6-11-16(14)19-17-12-7-5-10-15(17)18/h4-7,9-12H,2-3,8,13H2,1H3. The number of benzene rings is 2. The van der Waals surface area contributed by atoms with Gasteiger partial charge < -0.3 is 4.90 Å². The predicted octanol–water partition coefficient (Wildman–Crippen LogP) is 5.48. The van der Waals surface area contributed by atoms with Crippen LogP contribution in [0.2, 0.25) is 0 Å². The molecule has 0 spiro atoms. The van der Waals surface area contributed by atoms with E-state index in [9.17, 15) is 0 Å². The van der Waals surface area contributed by atoms with Crippen LogP contribution in [-0.2, 0) is 0 Å². The largest absolute Gasteiger partial charge is 0.340 e. The smallest absolute Gasteiger partial charge is 0.0552 e. The Hall–Kier alpha value is -1.41. The molecule has 0 bridgehead atoms. The monoisotopic (exact) mass is 269 g/mol. The van der Waals surface area contributed by atoms with E-state index in [1.54, 1.807) is 0 Å². The van der Waals surface area contributed by atoms with Gasteiger partial charge in [0.25, 0.3) is 0 Å². The van der Waals surface area contributed by atoms with Gasteiger partial charge in [-0.3, -0.25) is 0 Å². The highest BCUT2D eigenvalue weighted by Gasteiger charge is 2.21. The van der Waals surface area contributed by atoms with E-state index >= 15 is 0 Å². The first-order valence-corrected chi connectivity index (χ1v) is 7.85. The summed E-state index contributed by atoms with van der Waals surface area (Å²) in [5.74, 6) is 0. The molecule has 1 aliphatic rings. The summed E-state index contributed by atoms with van der Waals surface area (Å²) in [6.45, 7) is 3.37. The summed E-state index contributed by atoms with van der Waals surface area (Å²) in [6.07, 6.45) is 3.82. The summed E-state index contributed by atoms with van der Waals surface area (Å²) in [4.78, 5) is 5.23. The third kappa shape index (κ3) is 2.50. The van der Waals surface area contributed by atoms with Crippen molar-refractivity contribution in [2.45, 2.75) is 36.0 Å². The lowest BCUT2D eigenvalue weighted by atomic mass is 10.2. The van der Waals surface area contributed by atoms with E-state index in [2.05, 4.69) is 60.4 Å². The number of fused-ring (bicyclic) bond motifs is 2. The molecule has 2 aromatic rings. The molecule has 0 aromatic heterocycles. The predicted molar refractivity (Wildman–Crippen MR) is 83.5 cm³/mol. The van der Waals surface area contributed by atoms with E-state index in [4.69, 9.17) is 0 Å². The Balaban J connectivity index is 1.96. The number of unbranched alkanes of at least 4 members (excludes halogenated alkanes) is 2. The molecule has 1 aliphatic heterocycles. The number of hydrogen-bond acceptors (Lipinski definition) is 2. The molecule has 2 heteroatoms. The van der Waals surface area contributed by atoms with Crippen LogP contribution >= 0.6 is 11.8 Å². The molecule has 0 atom stereocenters. The lowest BCUT2D eigenvalue weighted by molar-refractivity contribution is 0.712. The second-order valence-electron chi connectivity index (χ2n) is 4.90. The van der Waals surface area contributed by atoms with Gasteiger partial charge in [0.05, 0.1) is 11.4 Å². The van der Waals surface area contributed by atoms with Gasteiger partial charge in [-0.25, -0.2) is 0 Å². The van der Waals surface area contributed by atoms with E-state index in [0.29, 0.717) is 0 Å². The quantitative estimate of drug-likeness (QED) is 0.676. The van der Waals surface area contributed by atoms with Crippen molar-refractivity contribution in [3.63, 3.8) is 0 Å². The first kappa shape index (κ1) is 12.6. The van der Waals surface area contributed by atoms with Crippen LogP contribution in [0.5, 0.6) is 0 Å². The van der Waals surface area contributed by atoms with Gasteiger partial charge in [0.2, 0.25) is 0 Å². The maximum atomic E-state index is 2.48. The minimum absolute atomic E-state index is 1.11. The van der Waals surface area contributed by atoms with Crippen LogP contribution in [0, 0.1) is 0 Å². The highest BCUT2D eigenvalue weighted by molar-refractivity contribution is 7.99. The van der Waals surface area contributed by atoms with Crippen LogP contribution in [-0.4, -0.2) is 6.54 Å². The Morgan fingerprint density at radius 2 is 1.42 bits per heavy atom. The Kier molecular flexibility index (Phi) is 3.79. The Morgan fingerprint density at radius 3 is 2.00 bits per heavy atom. The van der Waals surface area contributed by atoms with Crippen molar-refractivity contribution in [1.82, 2.24) is 0 Å². The molecule has 0 saturated carbocycles. The topological polar surface area (TPSA) is 3.24 Å². The maximum absolute atomic E-state index is 2.48. The highest BCUT2D eigenvalue weighted by atomic mass is 32.2. The number of rotatable bonds is 4. The summed E-state index contributed by atoms with van der Waals surface area (Å²) < 4.78 is 0. The first-order chi connectivity index (χ1) is 9.40. The normalized spacial score (nSPS) is 13.0. The van der Waals surface area contributed by atoms with Crippen molar-refractivity contribution in [1.29, 1.82) is 0 Å².